The van der Waals surface area contributed by atoms with Gasteiger partial charge < -0.3 is 9.72 Å². The van der Waals surface area contributed by atoms with E-state index in [2.05, 4.69) is 23.7 Å². The van der Waals surface area contributed by atoms with E-state index in [1.807, 2.05) is 18.2 Å². The summed E-state index contributed by atoms with van der Waals surface area (Å²) in [6.07, 6.45) is 5.03. The number of imidazole rings is 1. The fourth-order valence-corrected chi connectivity index (χ4v) is 3.46. The van der Waals surface area contributed by atoms with Crippen molar-refractivity contribution in [3.05, 3.63) is 24.0 Å². The zero-order chi connectivity index (χ0) is 14.8. The highest BCUT2D eigenvalue weighted by atomic mass is 16.5. The second kappa shape index (κ2) is 6.06. The normalized spacial score (nSPS) is 21.6. The van der Waals surface area contributed by atoms with E-state index in [-0.39, 0.29) is 0 Å². The van der Waals surface area contributed by atoms with Gasteiger partial charge in [0.05, 0.1) is 24.2 Å². The average molecular weight is 287 g/mol. The minimum absolute atomic E-state index is 0.388. The lowest BCUT2D eigenvalue weighted by Gasteiger charge is -2.38. The van der Waals surface area contributed by atoms with Gasteiger partial charge in [-0.05, 0) is 44.9 Å². The van der Waals surface area contributed by atoms with Crippen LogP contribution >= 0.6 is 0 Å². The van der Waals surface area contributed by atoms with Crippen molar-refractivity contribution in [2.45, 2.75) is 51.6 Å². The molecule has 0 aliphatic carbocycles. The van der Waals surface area contributed by atoms with Gasteiger partial charge in [0, 0.05) is 12.1 Å². The summed E-state index contributed by atoms with van der Waals surface area (Å²) in [6.45, 7) is 5.77. The molecule has 1 fully saturated rings. The fourth-order valence-electron chi connectivity index (χ4n) is 3.46. The number of hydrogen-bond donors (Lipinski definition) is 1. The topological polar surface area (TPSA) is 41.1 Å². The zero-order valence-electron chi connectivity index (χ0n) is 13.2. The SMILES string of the molecule is CCC(c1nc2ccc(OC)cc2[nH]1)N1CCCCC1C. The number of nitrogens with zero attached hydrogens (tertiary/aromatic N) is 2. The van der Waals surface area contributed by atoms with Gasteiger partial charge in [0.25, 0.3) is 0 Å². The molecule has 2 atom stereocenters. The van der Waals surface area contributed by atoms with Crippen molar-refractivity contribution in [3.63, 3.8) is 0 Å². The number of hydrogen-bond acceptors (Lipinski definition) is 3. The summed E-state index contributed by atoms with van der Waals surface area (Å²) in [5.74, 6) is 1.96. The average Bonchev–Trinajstić information content (AvgIpc) is 2.92. The first-order valence-corrected chi connectivity index (χ1v) is 8.02. The van der Waals surface area contributed by atoms with E-state index in [1.54, 1.807) is 7.11 Å². The lowest BCUT2D eigenvalue weighted by atomic mass is 10.00. The number of aromatic amines is 1. The molecule has 21 heavy (non-hydrogen) atoms. The van der Waals surface area contributed by atoms with Gasteiger partial charge in [0.1, 0.15) is 11.6 Å². The first kappa shape index (κ1) is 14.4. The second-order valence-corrected chi connectivity index (χ2v) is 6.01. The summed E-state index contributed by atoms with van der Waals surface area (Å²) in [4.78, 5) is 10.9. The molecule has 2 heterocycles. The van der Waals surface area contributed by atoms with Gasteiger partial charge in [-0.15, -0.1) is 0 Å². The number of ether oxygens (including phenoxy) is 1. The lowest BCUT2D eigenvalue weighted by molar-refractivity contribution is 0.0979. The predicted molar refractivity (Wildman–Crippen MR) is 85.7 cm³/mol. The summed E-state index contributed by atoms with van der Waals surface area (Å²) in [5, 5.41) is 0. The Bertz CT molecular complexity index is 607. The number of nitrogens with one attached hydrogen (secondary N) is 1. The molecule has 4 nitrogen and oxygen atoms in total. The molecule has 0 amide bonds. The Kier molecular flexibility index (Phi) is 4.15. The van der Waals surface area contributed by atoms with E-state index in [0.717, 1.165) is 29.0 Å². The van der Waals surface area contributed by atoms with Crippen LogP contribution in [0.1, 0.15) is 51.4 Å². The van der Waals surface area contributed by atoms with Crippen LogP contribution < -0.4 is 4.74 Å². The van der Waals surface area contributed by atoms with Crippen molar-refractivity contribution in [2.75, 3.05) is 13.7 Å². The molecule has 4 heteroatoms. The molecule has 1 saturated heterocycles. The lowest BCUT2D eigenvalue weighted by Crippen LogP contribution is -2.40. The van der Waals surface area contributed by atoms with Crippen molar-refractivity contribution in [1.82, 2.24) is 14.9 Å². The molecule has 0 spiro atoms. The number of aromatic nitrogens is 2. The molecular weight excluding hydrogens is 262 g/mol. The van der Waals surface area contributed by atoms with E-state index in [1.165, 1.54) is 25.8 Å². The third kappa shape index (κ3) is 2.77. The number of likely N-dealkylation sites (tertiary alicyclic amines) is 1. The number of H-pyrrole nitrogens is 1. The molecule has 114 valence electrons. The smallest absolute Gasteiger partial charge is 0.124 e. The van der Waals surface area contributed by atoms with E-state index in [9.17, 15) is 0 Å². The molecule has 0 saturated carbocycles. The van der Waals surface area contributed by atoms with Crippen LogP contribution in [-0.2, 0) is 0 Å². The number of methoxy groups -OCH3 is 1. The highest BCUT2D eigenvalue weighted by Gasteiger charge is 2.28. The van der Waals surface area contributed by atoms with Crippen LogP contribution in [0, 0.1) is 0 Å². The van der Waals surface area contributed by atoms with Gasteiger partial charge in [-0.2, -0.15) is 0 Å². The fraction of sp³-hybridized carbons (Fsp3) is 0.588. The Labute approximate surface area is 126 Å². The van der Waals surface area contributed by atoms with Crippen LogP contribution in [0.2, 0.25) is 0 Å². The molecule has 1 aromatic heterocycles. The highest BCUT2D eigenvalue weighted by Crippen LogP contribution is 2.31. The summed E-state index contributed by atoms with van der Waals surface area (Å²) >= 11 is 0. The predicted octanol–water partition coefficient (Wildman–Crippen LogP) is 3.90. The minimum Gasteiger partial charge on any atom is -0.497 e. The molecule has 0 radical (unpaired) electrons. The first-order chi connectivity index (χ1) is 10.2. The number of benzene rings is 1. The van der Waals surface area contributed by atoms with Crippen LogP contribution in [0.3, 0.4) is 0 Å². The van der Waals surface area contributed by atoms with Gasteiger partial charge in [-0.1, -0.05) is 13.3 Å². The van der Waals surface area contributed by atoms with E-state index in [0.29, 0.717) is 12.1 Å². The maximum absolute atomic E-state index is 5.29. The summed E-state index contributed by atoms with van der Waals surface area (Å²) in [6, 6.07) is 7.06. The minimum atomic E-state index is 0.388. The van der Waals surface area contributed by atoms with Gasteiger partial charge in [-0.25, -0.2) is 4.98 Å². The second-order valence-electron chi connectivity index (χ2n) is 6.01. The monoisotopic (exact) mass is 287 g/mol. The molecule has 2 aromatic rings. The van der Waals surface area contributed by atoms with Gasteiger partial charge in [0.2, 0.25) is 0 Å². The van der Waals surface area contributed by atoms with Crippen molar-refractivity contribution in [2.24, 2.45) is 0 Å². The molecular formula is C17H25N3O. The molecule has 2 unspecified atom stereocenters. The van der Waals surface area contributed by atoms with Crippen molar-refractivity contribution in [1.29, 1.82) is 0 Å². The van der Waals surface area contributed by atoms with E-state index < -0.39 is 0 Å². The molecule has 3 rings (SSSR count). The number of fused-ring (bicyclic) bond motifs is 1. The third-order valence-corrected chi connectivity index (χ3v) is 4.66. The molecule has 1 aliphatic heterocycles. The standard InChI is InChI=1S/C17H25N3O/c1-4-16(20-10-6-5-7-12(20)2)17-18-14-9-8-13(21-3)11-15(14)19-17/h8-9,11-12,16H,4-7,10H2,1-3H3,(H,18,19). The number of rotatable bonds is 4. The van der Waals surface area contributed by atoms with Gasteiger partial charge in [0.15, 0.2) is 0 Å². The summed E-state index contributed by atoms with van der Waals surface area (Å²) in [7, 11) is 1.70. The summed E-state index contributed by atoms with van der Waals surface area (Å²) < 4.78 is 5.29. The van der Waals surface area contributed by atoms with Gasteiger partial charge >= 0.3 is 0 Å². The Morgan fingerprint density at radius 3 is 3.00 bits per heavy atom. The summed E-state index contributed by atoms with van der Waals surface area (Å²) in [5.41, 5.74) is 2.08. The van der Waals surface area contributed by atoms with Crippen molar-refractivity contribution < 1.29 is 4.74 Å². The van der Waals surface area contributed by atoms with Crippen molar-refractivity contribution in [3.8, 4) is 5.75 Å². The molecule has 1 aromatic carbocycles. The first-order valence-electron chi connectivity index (χ1n) is 8.02. The molecule has 1 aliphatic rings. The zero-order valence-corrected chi connectivity index (χ0v) is 13.2. The number of piperidine rings is 1. The van der Waals surface area contributed by atoms with E-state index >= 15 is 0 Å². The van der Waals surface area contributed by atoms with Crippen LogP contribution in [0.5, 0.6) is 5.75 Å². The highest BCUT2D eigenvalue weighted by molar-refractivity contribution is 5.76. The molecule has 0 bridgehead atoms. The third-order valence-electron chi connectivity index (χ3n) is 4.66. The molecule has 1 N–H and O–H groups in total. The Hall–Kier alpha value is -1.55. The Morgan fingerprint density at radius 2 is 2.29 bits per heavy atom. The Balaban J connectivity index is 1.92. The van der Waals surface area contributed by atoms with Gasteiger partial charge in [-0.3, -0.25) is 4.90 Å². The van der Waals surface area contributed by atoms with Crippen LogP contribution in [0.25, 0.3) is 11.0 Å². The van der Waals surface area contributed by atoms with Crippen LogP contribution in [0.4, 0.5) is 0 Å². The Morgan fingerprint density at radius 1 is 1.43 bits per heavy atom. The maximum Gasteiger partial charge on any atom is 0.124 e. The van der Waals surface area contributed by atoms with Crippen LogP contribution in [-0.4, -0.2) is 34.6 Å². The van der Waals surface area contributed by atoms with Crippen LogP contribution in [0.15, 0.2) is 18.2 Å². The maximum atomic E-state index is 5.29. The largest absolute Gasteiger partial charge is 0.497 e. The van der Waals surface area contributed by atoms with E-state index in [4.69, 9.17) is 9.72 Å². The van der Waals surface area contributed by atoms with Crippen molar-refractivity contribution >= 4 is 11.0 Å². The quantitative estimate of drug-likeness (QED) is 0.927.